The molecule has 1 rings (SSSR count). The number of rotatable bonds is 5. The Hall–Kier alpha value is -1.73. The van der Waals surface area contributed by atoms with Crippen LogP contribution < -0.4 is 14.2 Å². The summed E-state index contributed by atoms with van der Waals surface area (Å²) in [4.78, 5) is 11.0. The van der Waals surface area contributed by atoms with E-state index in [9.17, 15) is 13.2 Å². The Balaban J connectivity index is 3.22. The summed E-state index contributed by atoms with van der Waals surface area (Å²) in [6, 6.07) is 4.21. The number of benzene rings is 1. The van der Waals surface area contributed by atoms with Crippen LogP contribution in [0.15, 0.2) is 34.7 Å². The number of methoxy groups -OCH3 is 2. The Morgan fingerprint density at radius 3 is 2.53 bits per heavy atom. The lowest BCUT2D eigenvalue weighted by Crippen LogP contribution is -2.29. The molecule has 1 amide bonds. The zero-order valence-corrected chi connectivity index (χ0v) is 11.8. The summed E-state index contributed by atoms with van der Waals surface area (Å²) in [6.45, 7) is 0. The van der Waals surface area contributed by atoms with Gasteiger partial charge in [-0.1, -0.05) is 11.6 Å². The van der Waals surface area contributed by atoms with Gasteiger partial charge in [-0.2, -0.15) is 0 Å². The highest BCUT2D eigenvalue weighted by Crippen LogP contribution is 2.27. The van der Waals surface area contributed by atoms with Gasteiger partial charge in [0.25, 0.3) is 15.9 Å². The maximum absolute atomic E-state index is 12.0. The van der Waals surface area contributed by atoms with Gasteiger partial charge >= 0.3 is 0 Å². The van der Waals surface area contributed by atoms with Crippen LogP contribution in [0.25, 0.3) is 0 Å². The normalized spacial score (nSPS) is 11.3. The van der Waals surface area contributed by atoms with Gasteiger partial charge in [-0.15, -0.1) is 0 Å². The van der Waals surface area contributed by atoms with Crippen LogP contribution in [0.1, 0.15) is 0 Å². The molecule has 0 fully saturated rings. The van der Waals surface area contributed by atoms with Crippen LogP contribution in [-0.4, -0.2) is 28.5 Å². The van der Waals surface area contributed by atoms with Crippen molar-refractivity contribution in [1.82, 2.24) is 4.72 Å². The summed E-state index contributed by atoms with van der Waals surface area (Å²) in [7, 11) is -1.35. The summed E-state index contributed by atoms with van der Waals surface area (Å²) in [5, 5.41) is 0. The predicted octanol–water partition coefficient (Wildman–Crippen LogP) is 1.26. The van der Waals surface area contributed by atoms with E-state index < -0.39 is 15.9 Å². The van der Waals surface area contributed by atoms with Gasteiger partial charge in [0, 0.05) is 17.7 Å². The molecule has 0 aliphatic heterocycles. The fraction of sp³-hybridized carbons (Fsp3) is 0.182. The van der Waals surface area contributed by atoms with Crippen molar-refractivity contribution in [2.24, 2.45) is 0 Å². The maximum Gasteiger partial charge on any atom is 0.268 e. The largest absolute Gasteiger partial charge is 0.497 e. The van der Waals surface area contributed by atoms with E-state index in [1.54, 1.807) is 6.07 Å². The molecular formula is C11H12ClNO5S. The zero-order valence-electron chi connectivity index (χ0n) is 10.2. The Labute approximate surface area is 116 Å². The smallest absolute Gasteiger partial charge is 0.268 e. The average Bonchev–Trinajstić information content (AvgIpc) is 2.37. The quantitative estimate of drug-likeness (QED) is 0.828. The van der Waals surface area contributed by atoms with Gasteiger partial charge in [-0.25, -0.2) is 13.1 Å². The van der Waals surface area contributed by atoms with Gasteiger partial charge in [0.15, 0.2) is 0 Å². The van der Waals surface area contributed by atoms with Crippen molar-refractivity contribution in [3.8, 4) is 11.5 Å². The van der Waals surface area contributed by atoms with Gasteiger partial charge in [0.05, 0.1) is 14.2 Å². The van der Waals surface area contributed by atoms with Gasteiger partial charge < -0.3 is 9.47 Å². The van der Waals surface area contributed by atoms with Crippen LogP contribution in [0.5, 0.6) is 11.5 Å². The molecule has 1 aromatic rings. The fourth-order valence-corrected chi connectivity index (χ4v) is 2.52. The van der Waals surface area contributed by atoms with E-state index in [1.807, 2.05) is 4.72 Å². The number of hydrogen-bond donors (Lipinski definition) is 1. The molecule has 1 aromatic carbocycles. The van der Waals surface area contributed by atoms with E-state index in [2.05, 4.69) is 0 Å². The van der Waals surface area contributed by atoms with Gasteiger partial charge in [0.2, 0.25) is 0 Å². The maximum atomic E-state index is 12.0. The van der Waals surface area contributed by atoms with Crippen molar-refractivity contribution in [3.05, 3.63) is 29.8 Å². The second kappa shape index (κ2) is 6.44. The number of ether oxygens (including phenoxy) is 2. The third-order valence-electron chi connectivity index (χ3n) is 2.11. The molecule has 8 heteroatoms. The monoisotopic (exact) mass is 305 g/mol. The highest BCUT2D eigenvalue weighted by molar-refractivity contribution is 7.90. The molecule has 0 radical (unpaired) electrons. The summed E-state index contributed by atoms with van der Waals surface area (Å²) in [5.74, 6) is -0.447. The molecule has 19 heavy (non-hydrogen) atoms. The lowest BCUT2D eigenvalue weighted by Gasteiger charge is -2.11. The van der Waals surface area contributed by atoms with E-state index in [1.165, 1.54) is 26.4 Å². The Morgan fingerprint density at radius 1 is 1.32 bits per heavy atom. The number of carbonyl (C=O) groups is 1. The Bertz CT molecular complexity index is 597. The lowest BCUT2D eigenvalue weighted by molar-refractivity contribution is -0.114. The molecule has 0 saturated carbocycles. The number of amides is 1. The van der Waals surface area contributed by atoms with Crippen molar-refractivity contribution in [2.75, 3.05) is 14.2 Å². The first-order valence-electron chi connectivity index (χ1n) is 5.00. The third-order valence-corrected chi connectivity index (χ3v) is 3.60. The molecule has 0 bridgehead atoms. The molecule has 1 N–H and O–H groups in total. The van der Waals surface area contributed by atoms with E-state index in [-0.39, 0.29) is 10.6 Å². The summed E-state index contributed by atoms with van der Waals surface area (Å²) >= 11 is 5.20. The third kappa shape index (κ3) is 3.87. The average molecular weight is 306 g/mol. The Morgan fingerprint density at radius 2 is 2.00 bits per heavy atom. The van der Waals surface area contributed by atoms with Crippen molar-refractivity contribution in [2.45, 2.75) is 4.90 Å². The summed E-state index contributed by atoms with van der Waals surface area (Å²) in [6.07, 6.45) is 0.881. The molecule has 104 valence electrons. The minimum Gasteiger partial charge on any atom is -0.497 e. The molecule has 6 nitrogen and oxygen atoms in total. The van der Waals surface area contributed by atoms with Crippen LogP contribution in [0.3, 0.4) is 0 Å². The zero-order chi connectivity index (χ0) is 14.5. The first-order valence-corrected chi connectivity index (χ1v) is 6.92. The van der Waals surface area contributed by atoms with Crippen molar-refractivity contribution >= 4 is 27.5 Å². The molecule has 0 aliphatic carbocycles. The minimum absolute atomic E-state index is 0.0935. The molecule has 0 spiro atoms. The van der Waals surface area contributed by atoms with Crippen LogP contribution in [0.4, 0.5) is 0 Å². The molecule has 0 heterocycles. The topological polar surface area (TPSA) is 81.7 Å². The lowest BCUT2D eigenvalue weighted by atomic mass is 10.3. The molecule has 0 unspecified atom stereocenters. The van der Waals surface area contributed by atoms with Crippen LogP contribution in [0, 0.1) is 0 Å². The highest BCUT2D eigenvalue weighted by Gasteiger charge is 2.22. The van der Waals surface area contributed by atoms with Gasteiger partial charge in [-0.05, 0) is 12.1 Å². The van der Waals surface area contributed by atoms with Crippen LogP contribution in [-0.2, 0) is 14.8 Å². The summed E-state index contributed by atoms with van der Waals surface area (Å²) in [5.41, 5.74) is 0.910. The number of nitrogens with one attached hydrogen (secondary N) is 1. The number of halogens is 1. The van der Waals surface area contributed by atoms with E-state index >= 15 is 0 Å². The fourth-order valence-electron chi connectivity index (χ4n) is 1.27. The van der Waals surface area contributed by atoms with Crippen LogP contribution in [0.2, 0.25) is 0 Å². The second-order valence-electron chi connectivity index (χ2n) is 3.28. The number of hydrogen-bond acceptors (Lipinski definition) is 5. The SMILES string of the molecule is COc1ccc(OC)c(S(=O)(=O)NC(=O)/C=C\Cl)c1. The standard InChI is InChI=1S/C11H12ClNO5S/c1-17-8-3-4-9(18-2)10(7-8)19(15,16)13-11(14)5-6-12/h3-7H,1-2H3,(H,13,14)/b6-5-. The highest BCUT2D eigenvalue weighted by atomic mass is 35.5. The van der Waals surface area contributed by atoms with Gasteiger partial charge in [0.1, 0.15) is 16.4 Å². The molecule has 0 aromatic heterocycles. The van der Waals surface area contributed by atoms with Crippen molar-refractivity contribution < 1.29 is 22.7 Å². The molecule has 0 aliphatic rings. The van der Waals surface area contributed by atoms with Crippen molar-refractivity contribution in [1.29, 1.82) is 0 Å². The van der Waals surface area contributed by atoms with E-state index in [0.717, 1.165) is 11.6 Å². The van der Waals surface area contributed by atoms with E-state index in [0.29, 0.717) is 5.75 Å². The molecular weight excluding hydrogens is 294 g/mol. The molecule has 0 saturated heterocycles. The minimum atomic E-state index is -4.07. The summed E-state index contributed by atoms with van der Waals surface area (Å²) < 4.78 is 35.7. The first-order chi connectivity index (χ1) is 8.94. The first kappa shape index (κ1) is 15.3. The second-order valence-corrected chi connectivity index (χ2v) is 5.18. The predicted molar refractivity (Wildman–Crippen MR) is 69.9 cm³/mol. The van der Waals surface area contributed by atoms with E-state index in [4.69, 9.17) is 21.1 Å². The van der Waals surface area contributed by atoms with Crippen LogP contribution >= 0.6 is 11.6 Å². The van der Waals surface area contributed by atoms with Gasteiger partial charge in [-0.3, -0.25) is 4.79 Å². The number of carbonyl (C=O) groups excluding carboxylic acids is 1. The Kier molecular flexibility index (Phi) is 5.20. The van der Waals surface area contributed by atoms with Crippen molar-refractivity contribution in [3.63, 3.8) is 0 Å². The number of sulfonamides is 1. The molecule has 0 atom stereocenters.